The van der Waals surface area contributed by atoms with Gasteiger partial charge in [0.15, 0.2) is 17.4 Å². The summed E-state index contributed by atoms with van der Waals surface area (Å²) in [7, 11) is 0. The Balaban J connectivity index is 2.37. The molecule has 4 nitrogen and oxygen atoms in total. The highest BCUT2D eigenvalue weighted by atomic mass is 19.4. The van der Waals surface area contributed by atoms with E-state index in [-0.39, 0.29) is 17.8 Å². The molecule has 0 atom stereocenters. The molecule has 0 spiro atoms. The van der Waals surface area contributed by atoms with E-state index in [1.807, 2.05) is 0 Å². The molecule has 10 heteroatoms. The summed E-state index contributed by atoms with van der Waals surface area (Å²) >= 11 is 0. The van der Waals surface area contributed by atoms with E-state index in [4.69, 9.17) is 10.3 Å². The molecule has 0 aliphatic heterocycles. The second-order valence-corrected chi connectivity index (χ2v) is 4.17. The van der Waals surface area contributed by atoms with Crippen molar-refractivity contribution in [3.63, 3.8) is 0 Å². The summed E-state index contributed by atoms with van der Waals surface area (Å²) in [5, 5.41) is 3.00. The Morgan fingerprint density at radius 2 is 1.57 bits per heavy atom. The van der Waals surface area contributed by atoms with Gasteiger partial charge in [-0.2, -0.15) is 13.2 Å². The molecule has 0 aromatic heterocycles. The van der Waals surface area contributed by atoms with Crippen molar-refractivity contribution in [3.05, 3.63) is 63.8 Å². The van der Waals surface area contributed by atoms with Gasteiger partial charge in [0.05, 0.1) is 11.3 Å². The van der Waals surface area contributed by atoms with E-state index in [9.17, 15) is 26.3 Å². The first-order valence-electron chi connectivity index (χ1n) is 5.81. The van der Waals surface area contributed by atoms with Crippen LogP contribution in [0.4, 0.5) is 32.0 Å². The first kappa shape index (κ1) is 16.5. The third kappa shape index (κ3) is 3.67. The van der Waals surface area contributed by atoms with Crippen LogP contribution in [0.2, 0.25) is 0 Å². The fourth-order valence-electron chi connectivity index (χ4n) is 1.62. The van der Waals surface area contributed by atoms with Gasteiger partial charge in [-0.05, 0) is 29.8 Å². The number of benzene rings is 2. The molecule has 120 valence electrons. The molecule has 0 bridgehead atoms. The fraction of sp³-hybridized carbons (Fsp3) is 0.0769. The molecule has 0 fully saturated rings. The van der Waals surface area contributed by atoms with Crippen LogP contribution in [0.1, 0.15) is 5.56 Å². The summed E-state index contributed by atoms with van der Waals surface area (Å²) < 4.78 is 82.7. The molecular formula is C13H5F6N3O. The van der Waals surface area contributed by atoms with Crippen LogP contribution in [0, 0.1) is 17.5 Å². The van der Waals surface area contributed by atoms with Crippen molar-refractivity contribution in [2.24, 2.45) is 5.11 Å². The summed E-state index contributed by atoms with van der Waals surface area (Å²) in [4.78, 5) is 2.36. The minimum atomic E-state index is -4.93. The normalized spacial score (nSPS) is 11.0. The second kappa shape index (κ2) is 6.09. The summed E-state index contributed by atoms with van der Waals surface area (Å²) in [6.45, 7) is 0. The number of nitrogens with zero attached hydrogens (tertiary/aromatic N) is 3. The van der Waals surface area contributed by atoms with Crippen LogP contribution in [0.15, 0.2) is 35.4 Å². The lowest BCUT2D eigenvalue weighted by Crippen LogP contribution is -2.07. The predicted molar refractivity (Wildman–Crippen MR) is 66.6 cm³/mol. The van der Waals surface area contributed by atoms with E-state index in [1.165, 1.54) is 0 Å². The van der Waals surface area contributed by atoms with E-state index >= 15 is 0 Å². The number of hydrogen-bond donors (Lipinski definition) is 0. The van der Waals surface area contributed by atoms with Crippen molar-refractivity contribution in [1.82, 2.24) is 0 Å². The molecule has 0 N–H and O–H groups in total. The Hall–Kier alpha value is -2.87. The van der Waals surface area contributed by atoms with Crippen LogP contribution in [0.5, 0.6) is 11.5 Å². The van der Waals surface area contributed by atoms with Gasteiger partial charge in [-0.15, -0.1) is 0 Å². The smallest absolute Gasteiger partial charge is 0.416 e. The molecule has 0 radical (unpaired) electrons. The highest BCUT2D eigenvalue weighted by molar-refractivity contribution is 5.45. The maximum atomic E-state index is 13.6. The maximum Gasteiger partial charge on any atom is 0.416 e. The zero-order valence-corrected chi connectivity index (χ0v) is 10.9. The molecule has 0 unspecified atom stereocenters. The van der Waals surface area contributed by atoms with E-state index < -0.39 is 40.7 Å². The minimum Gasteiger partial charge on any atom is -0.451 e. The van der Waals surface area contributed by atoms with Crippen molar-refractivity contribution in [2.45, 2.75) is 6.18 Å². The van der Waals surface area contributed by atoms with Crippen LogP contribution in [-0.4, -0.2) is 0 Å². The molecule has 23 heavy (non-hydrogen) atoms. The topological polar surface area (TPSA) is 58.0 Å². The van der Waals surface area contributed by atoms with E-state index in [0.717, 1.165) is 12.1 Å². The average molecular weight is 333 g/mol. The molecule has 0 aliphatic rings. The average Bonchev–Trinajstić information content (AvgIpc) is 2.44. The summed E-state index contributed by atoms with van der Waals surface area (Å²) in [5.74, 6) is -5.74. The van der Waals surface area contributed by atoms with Gasteiger partial charge in [-0.25, -0.2) is 13.2 Å². The summed E-state index contributed by atoms with van der Waals surface area (Å²) in [6.07, 6.45) is -4.93. The standard InChI is InChI=1S/C13H5F6N3O/c14-8-5-7(1-2-11(8)21-22-20)23-12-9(15)3-6(4-10(12)16)13(17,18)19/h1-5H. The van der Waals surface area contributed by atoms with Gasteiger partial charge in [-0.3, -0.25) is 0 Å². The summed E-state index contributed by atoms with van der Waals surface area (Å²) in [5.41, 5.74) is 6.28. The lowest BCUT2D eigenvalue weighted by Gasteiger charge is -2.12. The number of hydrogen-bond acceptors (Lipinski definition) is 2. The van der Waals surface area contributed by atoms with Crippen molar-refractivity contribution in [2.75, 3.05) is 0 Å². The van der Waals surface area contributed by atoms with Crippen molar-refractivity contribution >= 4 is 5.69 Å². The Morgan fingerprint density at radius 1 is 0.957 bits per heavy atom. The van der Waals surface area contributed by atoms with Gasteiger partial charge in [-0.1, -0.05) is 5.11 Å². The van der Waals surface area contributed by atoms with E-state index in [2.05, 4.69) is 10.0 Å². The lowest BCUT2D eigenvalue weighted by molar-refractivity contribution is -0.138. The van der Waals surface area contributed by atoms with Crippen LogP contribution >= 0.6 is 0 Å². The van der Waals surface area contributed by atoms with Gasteiger partial charge in [0.25, 0.3) is 0 Å². The molecule has 0 amide bonds. The molecule has 2 rings (SSSR count). The lowest BCUT2D eigenvalue weighted by atomic mass is 10.2. The molecule has 0 heterocycles. The van der Waals surface area contributed by atoms with Crippen LogP contribution in [0.3, 0.4) is 0 Å². The van der Waals surface area contributed by atoms with E-state index in [1.54, 1.807) is 0 Å². The highest BCUT2D eigenvalue weighted by Gasteiger charge is 2.33. The Morgan fingerprint density at radius 3 is 2.04 bits per heavy atom. The van der Waals surface area contributed by atoms with E-state index in [0.29, 0.717) is 6.07 Å². The largest absolute Gasteiger partial charge is 0.451 e. The number of alkyl halides is 3. The number of azide groups is 1. The van der Waals surface area contributed by atoms with Gasteiger partial charge in [0.2, 0.25) is 0 Å². The monoisotopic (exact) mass is 333 g/mol. The molecule has 2 aromatic carbocycles. The Labute approximate surface area is 124 Å². The number of ether oxygens (including phenoxy) is 1. The maximum absolute atomic E-state index is 13.6. The first-order chi connectivity index (χ1) is 10.7. The first-order valence-corrected chi connectivity index (χ1v) is 5.81. The van der Waals surface area contributed by atoms with Crippen molar-refractivity contribution < 1.29 is 31.1 Å². The number of halogens is 6. The van der Waals surface area contributed by atoms with Gasteiger partial charge < -0.3 is 4.74 Å². The van der Waals surface area contributed by atoms with Crippen LogP contribution in [-0.2, 0) is 6.18 Å². The predicted octanol–water partition coefficient (Wildman–Crippen LogP) is 5.86. The molecule has 0 saturated heterocycles. The minimum absolute atomic E-state index is 0.0586. The third-order valence-electron chi connectivity index (χ3n) is 2.62. The fourth-order valence-corrected chi connectivity index (χ4v) is 1.62. The van der Waals surface area contributed by atoms with Crippen LogP contribution in [0.25, 0.3) is 10.4 Å². The Kier molecular flexibility index (Phi) is 4.37. The molecular weight excluding hydrogens is 328 g/mol. The second-order valence-electron chi connectivity index (χ2n) is 4.17. The third-order valence-corrected chi connectivity index (χ3v) is 2.62. The molecule has 2 aromatic rings. The molecule has 0 saturated carbocycles. The van der Waals surface area contributed by atoms with Crippen molar-refractivity contribution in [3.8, 4) is 11.5 Å². The number of rotatable bonds is 3. The zero-order valence-electron chi connectivity index (χ0n) is 10.9. The Bertz CT molecular complexity index is 776. The van der Waals surface area contributed by atoms with Crippen molar-refractivity contribution in [1.29, 1.82) is 0 Å². The van der Waals surface area contributed by atoms with Crippen LogP contribution < -0.4 is 4.74 Å². The quantitative estimate of drug-likeness (QED) is 0.300. The van der Waals surface area contributed by atoms with Gasteiger partial charge in [0.1, 0.15) is 11.6 Å². The molecule has 0 aliphatic carbocycles. The zero-order chi connectivity index (χ0) is 17.2. The summed E-state index contributed by atoms with van der Waals surface area (Å²) in [6, 6.07) is 2.79. The highest BCUT2D eigenvalue weighted by Crippen LogP contribution is 2.36. The van der Waals surface area contributed by atoms with Gasteiger partial charge in [0, 0.05) is 11.0 Å². The van der Waals surface area contributed by atoms with Gasteiger partial charge >= 0.3 is 6.18 Å². The SMILES string of the molecule is [N-]=[N+]=Nc1ccc(Oc2c(F)cc(C(F)(F)F)cc2F)cc1F.